The second-order valence-corrected chi connectivity index (χ2v) is 2.85. The monoisotopic (exact) mass is 231 g/mol. The lowest BCUT2D eigenvalue weighted by Crippen LogP contribution is -2.20. The molecule has 0 unspecified atom stereocenters. The van der Waals surface area contributed by atoms with Crippen molar-refractivity contribution in [3.8, 4) is 0 Å². The molecule has 2 N–H and O–H groups in total. The van der Waals surface area contributed by atoms with E-state index in [1.165, 1.54) is 12.3 Å². The number of furan rings is 1. The van der Waals surface area contributed by atoms with Crippen molar-refractivity contribution >= 4 is 11.9 Å². The Balaban J connectivity index is 2.67. The molecule has 0 aromatic carbocycles. The quantitative estimate of drug-likeness (QED) is 0.812. The Morgan fingerprint density at radius 3 is 2.62 bits per heavy atom. The van der Waals surface area contributed by atoms with Gasteiger partial charge in [-0.3, -0.25) is 4.79 Å². The number of carbonyl (C=O) groups is 1. The summed E-state index contributed by atoms with van der Waals surface area (Å²) in [6.45, 7) is 0. The van der Waals surface area contributed by atoms with Crippen LogP contribution in [-0.2, 0) is 4.79 Å². The maximum Gasteiger partial charge on any atom is 0.430 e. The van der Waals surface area contributed by atoms with E-state index in [2.05, 4.69) is 5.73 Å². The molecule has 1 aromatic heterocycles. The Morgan fingerprint density at radius 1 is 1.44 bits per heavy atom. The fourth-order valence-electron chi connectivity index (χ4n) is 0.834. The highest BCUT2D eigenvalue weighted by Gasteiger charge is 2.31. The van der Waals surface area contributed by atoms with Gasteiger partial charge < -0.3 is 10.2 Å². The van der Waals surface area contributed by atoms with E-state index in [-0.39, 0.29) is 0 Å². The molecule has 0 atom stereocenters. The predicted molar refractivity (Wildman–Crippen MR) is 51.1 cm³/mol. The van der Waals surface area contributed by atoms with Crippen LogP contribution in [0.2, 0.25) is 0 Å². The normalized spacial score (nSPS) is 13.3. The van der Waals surface area contributed by atoms with E-state index in [0.29, 0.717) is 11.8 Å². The minimum atomic E-state index is -4.69. The number of hydrogen-bond donors (Lipinski definition) is 1. The first kappa shape index (κ1) is 12.1. The first-order valence-corrected chi connectivity index (χ1v) is 4.19. The molecule has 0 saturated heterocycles. The van der Waals surface area contributed by atoms with Gasteiger partial charge in [0.15, 0.2) is 5.78 Å². The Bertz CT molecular complexity index is 416. The third-order valence-electron chi connectivity index (χ3n) is 1.58. The fourth-order valence-corrected chi connectivity index (χ4v) is 0.834. The van der Waals surface area contributed by atoms with E-state index in [9.17, 15) is 18.0 Å². The van der Waals surface area contributed by atoms with Crippen molar-refractivity contribution in [3.63, 3.8) is 0 Å². The summed E-state index contributed by atoms with van der Waals surface area (Å²) in [7, 11) is 0. The Kier molecular flexibility index (Phi) is 3.55. The van der Waals surface area contributed by atoms with Gasteiger partial charge in [-0.15, -0.1) is 0 Å². The molecule has 0 radical (unpaired) electrons. The fraction of sp³-hybridized carbons (Fsp3) is 0.100. The minimum absolute atomic E-state index is 0.319. The second-order valence-electron chi connectivity index (χ2n) is 2.85. The third-order valence-corrected chi connectivity index (χ3v) is 1.58. The maximum atomic E-state index is 11.9. The molecule has 3 nitrogen and oxygen atoms in total. The van der Waals surface area contributed by atoms with Gasteiger partial charge in [-0.25, -0.2) is 0 Å². The Hall–Kier alpha value is -1.98. The molecule has 86 valence electrons. The molecular weight excluding hydrogens is 223 g/mol. The summed E-state index contributed by atoms with van der Waals surface area (Å²) in [6, 6.07) is 3.14. The zero-order chi connectivity index (χ0) is 12.2. The molecule has 0 fully saturated rings. The van der Waals surface area contributed by atoms with Crippen molar-refractivity contribution in [2.75, 3.05) is 0 Å². The van der Waals surface area contributed by atoms with E-state index in [1.54, 1.807) is 12.1 Å². The van der Waals surface area contributed by atoms with Gasteiger partial charge in [-0.1, -0.05) is 0 Å². The van der Waals surface area contributed by atoms with E-state index in [4.69, 9.17) is 4.42 Å². The standard InChI is InChI=1S/C10H8F3NO2/c11-10(12,13)9(14)6-7(15)3-4-8-2-1-5-16-8/h1-6H,14H2/b4-3+,9-6-. The largest absolute Gasteiger partial charge is 0.465 e. The molecule has 0 aliphatic carbocycles. The lowest BCUT2D eigenvalue weighted by molar-refractivity contribution is -0.112. The lowest BCUT2D eigenvalue weighted by atomic mass is 10.2. The number of allylic oxidation sites excluding steroid dienone is 3. The number of halogens is 3. The number of rotatable bonds is 3. The summed E-state index contributed by atoms with van der Waals surface area (Å²) in [5.41, 5.74) is 3.23. The number of hydrogen-bond acceptors (Lipinski definition) is 3. The highest BCUT2D eigenvalue weighted by atomic mass is 19.4. The van der Waals surface area contributed by atoms with Crippen molar-refractivity contribution in [2.24, 2.45) is 5.73 Å². The summed E-state index contributed by atoms with van der Waals surface area (Å²) in [4.78, 5) is 11.0. The zero-order valence-corrected chi connectivity index (χ0v) is 7.99. The molecule has 0 spiro atoms. The van der Waals surface area contributed by atoms with Crippen LogP contribution >= 0.6 is 0 Å². The maximum absolute atomic E-state index is 11.9. The summed E-state index contributed by atoms with van der Waals surface area (Å²) in [5.74, 6) is -0.487. The Labute approximate surface area is 89.0 Å². The first-order chi connectivity index (χ1) is 7.39. The number of alkyl halides is 3. The number of nitrogens with two attached hydrogens (primary N) is 1. The molecule has 16 heavy (non-hydrogen) atoms. The van der Waals surface area contributed by atoms with Gasteiger partial charge in [-0.05, 0) is 24.3 Å². The lowest BCUT2D eigenvalue weighted by Gasteiger charge is -2.04. The van der Waals surface area contributed by atoms with Crippen LogP contribution in [-0.4, -0.2) is 12.0 Å². The minimum Gasteiger partial charge on any atom is -0.465 e. The van der Waals surface area contributed by atoms with E-state index >= 15 is 0 Å². The van der Waals surface area contributed by atoms with Crippen LogP contribution in [0.1, 0.15) is 5.76 Å². The van der Waals surface area contributed by atoms with Gasteiger partial charge >= 0.3 is 6.18 Å². The summed E-state index contributed by atoms with van der Waals surface area (Å²) in [6.07, 6.45) is -0.794. The number of carbonyl (C=O) groups excluding carboxylic acids is 1. The van der Waals surface area contributed by atoms with Crippen molar-refractivity contribution in [1.82, 2.24) is 0 Å². The molecule has 1 aromatic rings. The van der Waals surface area contributed by atoms with Crippen molar-refractivity contribution in [3.05, 3.63) is 42.0 Å². The smallest absolute Gasteiger partial charge is 0.430 e. The molecule has 0 amide bonds. The van der Waals surface area contributed by atoms with Gasteiger partial charge in [0.25, 0.3) is 0 Å². The van der Waals surface area contributed by atoms with E-state index in [1.807, 2.05) is 0 Å². The van der Waals surface area contributed by atoms with Crippen LogP contribution in [0.25, 0.3) is 6.08 Å². The van der Waals surface area contributed by atoms with E-state index in [0.717, 1.165) is 6.08 Å². The van der Waals surface area contributed by atoms with Gasteiger partial charge in [0.1, 0.15) is 11.5 Å². The van der Waals surface area contributed by atoms with Crippen molar-refractivity contribution in [1.29, 1.82) is 0 Å². The van der Waals surface area contributed by atoms with Gasteiger partial charge in [0, 0.05) is 6.08 Å². The highest BCUT2D eigenvalue weighted by Crippen LogP contribution is 2.21. The number of ketones is 1. The van der Waals surface area contributed by atoms with Crippen molar-refractivity contribution in [2.45, 2.75) is 6.18 Å². The van der Waals surface area contributed by atoms with Crippen LogP contribution in [0.3, 0.4) is 0 Å². The molecule has 0 aliphatic rings. The topological polar surface area (TPSA) is 56.2 Å². The summed E-state index contributed by atoms with van der Waals surface area (Å²) in [5, 5.41) is 0. The third kappa shape index (κ3) is 3.64. The molecule has 0 bridgehead atoms. The molecule has 0 saturated carbocycles. The van der Waals surface area contributed by atoms with Crippen molar-refractivity contribution < 1.29 is 22.4 Å². The summed E-state index contributed by atoms with van der Waals surface area (Å²) >= 11 is 0. The van der Waals surface area contributed by atoms with Crippen LogP contribution in [0.4, 0.5) is 13.2 Å². The van der Waals surface area contributed by atoms with Gasteiger partial charge in [0.05, 0.1) is 6.26 Å². The Morgan fingerprint density at radius 2 is 2.12 bits per heavy atom. The molecule has 1 rings (SSSR count). The van der Waals surface area contributed by atoms with E-state index < -0.39 is 17.7 Å². The molecule has 1 heterocycles. The van der Waals surface area contributed by atoms with Crippen LogP contribution in [0, 0.1) is 0 Å². The predicted octanol–water partition coefficient (Wildman–Crippen LogP) is 2.27. The summed E-state index contributed by atoms with van der Waals surface area (Å²) < 4.78 is 40.6. The van der Waals surface area contributed by atoms with Gasteiger partial charge in [-0.2, -0.15) is 13.2 Å². The first-order valence-electron chi connectivity index (χ1n) is 4.19. The SMILES string of the molecule is N/C(=C\C(=O)/C=C/c1ccco1)C(F)(F)F. The molecular formula is C10H8F3NO2. The van der Waals surface area contributed by atoms with Gasteiger partial charge in [0.2, 0.25) is 0 Å². The van der Waals surface area contributed by atoms with Crippen LogP contribution < -0.4 is 5.73 Å². The molecule has 6 heteroatoms. The van der Waals surface area contributed by atoms with Crippen LogP contribution in [0.5, 0.6) is 0 Å². The second kappa shape index (κ2) is 4.69. The average molecular weight is 231 g/mol. The zero-order valence-electron chi connectivity index (χ0n) is 7.99. The highest BCUT2D eigenvalue weighted by molar-refractivity contribution is 6.02. The molecule has 0 aliphatic heterocycles. The van der Waals surface area contributed by atoms with Crippen LogP contribution in [0.15, 0.2) is 40.7 Å². The average Bonchev–Trinajstić information content (AvgIpc) is 2.65.